The Hall–Kier alpha value is -2.11. The molecule has 0 saturated carbocycles. The first-order valence-electron chi connectivity index (χ1n) is 6.73. The largest absolute Gasteiger partial charge is 0.436 e. The minimum absolute atomic E-state index is 0.532. The average molecular weight is 303 g/mol. The molecule has 0 aromatic carbocycles. The van der Waals surface area contributed by atoms with Crippen LogP contribution in [0.3, 0.4) is 0 Å². The van der Waals surface area contributed by atoms with E-state index in [9.17, 15) is 0 Å². The topological polar surface area (TPSA) is 51.5 Å². The zero-order valence-electron chi connectivity index (χ0n) is 11.6. The third kappa shape index (κ3) is 2.99. The maximum absolute atomic E-state index is 5.93. The summed E-state index contributed by atoms with van der Waals surface area (Å²) in [7, 11) is 0. The van der Waals surface area contributed by atoms with Gasteiger partial charge in [0.2, 0.25) is 5.88 Å². The summed E-state index contributed by atoms with van der Waals surface area (Å²) in [6, 6.07) is 7.58. The Kier molecular flexibility index (Phi) is 4.03. The van der Waals surface area contributed by atoms with Crippen LogP contribution in [0.15, 0.2) is 42.9 Å². The summed E-state index contributed by atoms with van der Waals surface area (Å²) in [4.78, 5) is 8.54. The SMILES string of the molecule is CCNCc1c(Oc2cncc(Cl)c2)nc2ccccn12. The number of pyridine rings is 2. The van der Waals surface area contributed by atoms with E-state index >= 15 is 0 Å². The number of fused-ring (bicyclic) bond motifs is 1. The zero-order chi connectivity index (χ0) is 14.7. The molecule has 0 saturated heterocycles. The minimum atomic E-state index is 0.532. The Bertz CT molecular complexity index is 756. The Morgan fingerprint density at radius 2 is 2.24 bits per heavy atom. The van der Waals surface area contributed by atoms with E-state index in [1.165, 1.54) is 0 Å². The van der Waals surface area contributed by atoms with Gasteiger partial charge in [0.25, 0.3) is 0 Å². The van der Waals surface area contributed by atoms with Crippen LogP contribution in [-0.2, 0) is 6.54 Å². The van der Waals surface area contributed by atoms with Gasteiger partial charge in [-0.25, -0.2) is 0 Å². The third-order valence-corrected chi connectivity index (χ3v) is 3.24. The number of ether oxygens (including phenoxy) is 1. The van der Waals surface area contributed by atoms with Crippen molar-refractivity contribution in [2.75, 3.05) is 6.54 Å². The molecule has 1 N–H and O–H groups in total. The summed E-state index contributed by atoms with van der Waals surface area (Å²) in [5.74, 6) is 1.13. The molecule has 0 unspecified atom stereocenters. The lowest BCUT2D eigenvalue weighted by atomic mass is 10.4. The van der Waals surface area contributed by atoms with Crippen LogP contribution < -0.4 is 10.1 Å². The number of hydrogen-bond donors (Lipinski definition) is 1. The molecule has 5 nitrogen and oxygen atoms in total. The number of halogens is 1. The molecular formula is C15H15ClN4O. The molecule has 0 amide bonds. The van der Waals surface area contributed by atoms with Crippen LogP contribution in [0.5, 0.6) is 11.6 Å². The first-order chi connectivity index (χ1) is 10.3. The van der Waals surface area contributed by atoms with E-state index in [1.807, 2.05) is 28.8 Å². The summed E-state index contributed by atoms with van der Waals surface area (Å²) < 4.78 is 7.86. The van der Waals surface area contributed by atoms with Crippen molar-refractivity contribution in [3.8, 4) is 11.6 Å². The number of hydrogen-bond acceptors (Lipinski definition) is 4. The van der Waals surface area contributed by atoms with Crippen molar-refractivity contribution in [3.05, 3.63) is 53.6 Å². The van der Waals surface area contributed by atoms with E-state index in [0.29, 0.717) is 23.2 Å². The van der Waals surface area contributed by atoms with E-state index < -0.39 is 0 Å². The van der Waals surface area contributed by atoms with Gasteiger partial charge in [0.1, 0.15) is 17.1 Å². The maximum Gasteiger partial charge on any atom is 0.242 e. The third-order valence-electron chi connectivity index (χ3n) is 3.03. The van der Waals surface area contributed by atoms with Crippen LogP contribution in [0.1, 0.15) is 12.6 Å². The van der Waals surface area contributed by atoms with Crippen LogP contribution in [0.2, 0.25) is 5.02 Å². The molecular weight excluding hydrogens is 288 g/mol. The number of nitrogens with one attached hydrogen (secondary N) is 1. The Morgan fingerprint density at radius 3 is 3.05 bits per heavy atom. The summed E-state index contributed by atoms with van der Waals surface area (Å²) in [5.41, 5.74) is 1.81. The van der Waals surface area contributed by atoms with E-state index in [2.05, 4.69) is 22.2 Å². The van der Waals surface area contributed by atoms with Crippen LogP contribution >= 0.6 is 11.6 Å². The van der Waals surface area contributed by atoms with Crippen molar-refractivity contribution < 1.29 is 4.74 Å². The quantitative estimate of drug-likeness (QED) is 0.786. The molecule has 0 bridgehead atoms. The fourth-order valence-corrected chi connectivity index (χ4v) is 2.23. The van der Waals surface area contributed by atoms with Gasteiger partial charge in [0.05, 0.1) is 11.2 Å². The Morgan fingerprint density at radius 1 is 1.33 bits per heavy atom. The lowest BCUT2D eigenvalue weighted by molar-refractivity contribution is 0.454. The molecule has 3 heterocycles. The van der Waals surface area contributed by atoms with Gasteiger partial charge in [-0.3, -0.25) is 9.38 Å². The van der Waals surface area contributed by atoms with Gasteiger partial charge in [-0.05, 0) is 18.7 Å². The van der Waals surface area contributed by atoms with Gasteiger partial charge in [-0.15, -0.1) is 0 Å². The predicted molar refractivity (Wildman–Crippen MR) is 81.9 cm³/mol. The highest BCUT2D eigenvalue weighted by Gasteiger charge is 2.13. The normalized spacial score (nSPS) is 11.0. The van der Waals surface area contributed by atoms with Gasteiger partial charge < -0.3 is 10.1 Å². The summed E-state index contributed by atoms with van der Waals surface area (Å²) in [6.07, 6.45) is 5.16. The zero-order valence-corrected chi connectivity index (χ0v) is 12.3. The number of imidazole rings is 1. The van der Waals surface area contributed by atoms with Crippen molar-refractivity contribution in [2.24, 2.45) is 0 Å². The van der Waals surface area contributed by atoms with Crippen LogP contribution in [0.4, 0.5) is 0 Å². The minimum Gasteiger partial charge on any atom is -0.436 e. The molecule has 3 aromatic heterocycles. The second-order valence-electron chi connectivity index (χ2n) is 4.51. The van der Waals surface area contributed by atoms with Crippen molar-refractivity contribution in [3.63, 3.8) is 0 Å². The number of nitrogens with zero attached hydrogens (tertiary/aromatic N) is 3. The van der Waals surface area contributed by atoms with Gasteiger partial charge >= 0.3 is 0 Å². The van der Waals surface area contributed by atoms with Crippen molar-refractivity contribution in [1.29, 1.82) is 0 Å². The fraction of sp³-hybridized carbons (Fsp3) is 0.200. The smallest absolute Gasteiger partial charge is 0.242 e. The average Bonchev–Trinajstić information content (AvgIpc) is 2.82. The second kappa shape index (κ2) is 6.11. The van der Waals surface area contributed by atoms with Crippen molar-refractivity contribution in [2.45, 2.75) is 13.5 Å². The monoisotopic (exact) mass is 302 g/mol. The highest BCUT2D eigenvalue weighted by molar-refractivity contribution is 6.30. The molecule has 0 fully saturated rings. The summed E-state index contributed by atoms with van der Waals surface area (Å²) >= 11 is 5.93. The first-order valence-corrected chi connectivity index (χ1v) is 7.11. The highest BCUT2D eigenvalue weighted by Crippen LogP contribution is 2.26. The van der Waals surface area contributed by atoms with E-state index in [4.69, 9.17) is 16.3 Å². The molecule has 6 heteroatoms. The second-order valence-corrected chi connectivity index (χ2v) is 4.95. The van der Waals surface area contributed by atoms with Crippen molar-refractivity contribution >= 4 is 17.2 Å². The number of aromatic nitrogens is 3. The summed E-state index contributed by atoms with van der Waals surface area (Å²) in [5, 5.41) is 3.83. The van der Waals surface area contributed by atoms with Crippen LogP contribution in [0.25, 0.3) is 5.65 Å². The van der Waals surface area contributed by atoms with Crippen LogP contribution in [0, 0.1) is 0 Å². The van der Waals surface area contributed by atoms with Crippen molar-refractivity contribution in [1.82, 2.24) is 19.7 Å². The van der Waals surface area contributed by atoms with E-state index in [0.717, 1.165) is 17.9 Å². The van der Waals surface area contributed by atoms with E-state index in [1.54, 1.807) is 18.5 Å². The highest BCUT2D eigenvalue weighted by atomic mass is 35.5. The molecule has 0 aliphatic heterocycles. The predicted octanol–water partition coefficient (Wildman–Crippen LogP) is 3.28. The molecule has 0 aliphatic rings. The van der Waals surface area contributed by atoms with Crippen LogP contribution in [-0.4, -0.2) is 20.9 Å². The first kappa shape index (κ1) is 13.9. The molecule has 21 heavy (non-hydrogen) atoms. The van der Waals surface area contributed by atoms with Gasteiger partial charge in [0, 0.05) is 25.0 Å². The van der Waals surface area contributed by atoms with Gasteiger partial charge in [-0.1, -0.05) is 24.6 Å². The van der Waals surface area contributed by atoms with Gasteiger partial charge in [-0.2, -0.15) is 4.98 Å². The Labute approximate surface area is 127 Å². The molecule has 0 atom stereocenters. The van der Waals surface area contributed by atoms with Gasteiger partial charge in [0.15, 0.2) is 0 Å². The molecule has 3 aromatic rings. The molecule has 0 radical (unpaired) electrons. The number of rotatable bonds is 5. The maximum atomic E-state index is 5.93. The Balaban J connectivity index is 2.00. The molecule has 3 rings (SSSR count). The van der Waals surface area contributed by atoms with E-state index in [-0.39, 0.29) is 0 Å². The lowest BCUT2D eigenvalue weighted by Gasteiger charge is -2.07. The molecule has 0 aliphatic carbocycles. The molecule has 108 valence electrons. The standard InChI is InChI=1S/C15H15ClN4O/c1-2-17-10-13-15(19-14-5-3-4-6-20(13)14)21-12-7-11(16)8-18-9-12/h3-9,17H,2,10H2,1H3. The molecule has 0 spiro atoms. The lowest BCUT2D eigenvalue weighted by Crippen LogP contribution is -2.14. The summed E-state index contributed by atoms with van der Waals surface area (Å²) in [6.45, 7) is 3.61. The fourth-order valence-electron chi connectivity index (χ4n) is 2.07.